The van der Waals surface area contributed by atoms with Crippen LogP contribution in [0, 0.1) is 0 Å². The predicted molar refractivity (Wildman–Crippen MR) is 151 cm³/mol. The van der Waals surface area contributed by atoms with Crippen molar-refractivity contribution in [2.75, 3.05) is 26.3 Å². The first-order chi connectivity index (χ1) is 15.6. The highest BCUT2D eigenvalue weighted by atomic mass is 28.4. The highest BCUT2D eigenvalue weighted by Gasteiger charge is 2.48. The number of nitrogens with zero attached hydrogens (tertiary/aromatic N) is 1. The molecule has 1 unspecified atom stereocenters. The predicted octanol–water partition coefficient (Wildman–Crippen LogP) is 7.06. The Morgan fingerprint density at radius 3 is 1.65 bits per heavy atom. The minimum absolute atomic E-state index is 0.0563. The van der Waals surface area contributed by atoms with Crippen LogP contribution in [0.5, 0.6) is 0 Å². The summed E-state index contributed by atoms with van der Waals surface area (Å²) in [5, 5.41) is 0. The van der Waals surface area contributed by atoms with Crippen LogP contribution >= 0.6 is 0 Å². The van der Waals surface area contributed by atoms with Gasteiger partial charge in [-0.25, -0.2) is 0 Å². The molecule has 6 nitrogen and oxygen atoms in total. The Kier molecular flexibility index (Phi) is 15.2. The minimum Gasteiger partial charge on any atom is -0.517 e. The molecule has 0 heterocycles. The number of carbonyl (C=O) groups excluding carboxylic acids is 1. The van der Waals surface area contributed by atoms with Crippen molar-refractivity contribution in [3.63, 3.8) is 0 Å². The third-order valence-electron chi connectivity index (χ3n) is 6.86. The van der Waals surface area contributed by atoms with Gasteiger partial charge in [0, 0.05) is 25.4 Å². The van der Waals surface area contributed by atoms with Gasteiger partial charge in [-0.2, -0.15) is 0 Å². The first-order valence-electron chi connectivity index (χ1n) is 13.5. The second-order valence-electron chi connectivity index (χ2n) is 11.4. The zero-order valence-electron chi connectivity index (χ0n) is 24.7. The van der Waals surface area contributed by atoms with Crippen molar-refractivity contribution < 1.29 is 22.5 Å². The van der Waals surface area contributed by atoms with E-state index in [0.717, 1.165) is 25.4 Å². The van der Waals surface area contributed by atoms with Gasteiger partial charge in [-0.15, -0.1) is 0 Å². The molecule has 0 aromatic heterocycles. The SMILES string of the molecule is CCO[Si](CCCN(CC(=O)O[Si](C(C)C)(C(C)C)C(C)C)[Si](C)(C)C)(OCC)OC(C)CC. The van der Waals surface area contributed by atoms with Gasteiger partial charge in [0.25, 0.3) is 8.32 Å². The van der Waals surface area contributed by atoms with Crippen molar-refractivity contribution >= 4 is 31.3 Å². The topological polar surface area (TPSA) is 57.2 Å². The van der Waals surface area contributed by atoms with Crippen LogP contribution < -0.4 is 0 Å². The lowest BCUT2D eigenvalue weighted by atomic mass is 10.3. The Morgan fingerprint density at radius 2 is 1.29 bits per heavy atom. The van der Waals surface area contributed by atoms with E-state index in [2.05, 4.69) is 79.6 Å². The summed E-state index contributed by atoms with van der Waals surface area (Å²) in [6.45, 7) is 30.8. The summed E-state index contributed by atoms with van der Waals surface area (Å²) in [7, 11) is -6.72. The smallest absolute Gasteiger partial charge is 0.501 e. The molecule has 0 aliphatic heterocycles. The maximum absolute atomic E-state index is 13.3. The second-order valence-corrected chi connectivity index (χ2v) is 24.4. The van der Waals surface area contributed by atoms with Crippen molar-refractivity contribution in [3.05, 3.63) is 0 Å². The summed E-state index contributed by atoms with van der Waals surface area (Å²) in [5.41, 5.74) is 1.16. The first kappa shape index (κ1) is 34.0. The van der Waals surface area contributed by atoms with Crippen LogP contribution in [0.1, 0.15) is 82.1 Å². The molecule has 0 aliphatic rings. The normalized spacial score (nSPS) is 14.5. The third-order valence-corrected chi connectivity index (χ3v) is 18.3. The van der Waals surface area contributed by atoms with E-state index >= 15 is 0 Å². The lowest BCUT2D eigenvalue weighted by Crippen LogP contribution is -2.54. The van der Waals surface area contributed by atoms with Crippen molar-refractivity contribution in [2.24, 2.45) is 0 Å². The van der Waals surface area contributed by atoms with Crippen LogP contribution in [0.4, 0.5) is 0 Å². The molecule has 0 fully saturated rings. The molecule has 0 saturated heterocycles. The van der Waals surface area contributed by atoms with Crippen molar-refractivity contribution in [1.29, 1.82) is 0 Å². The Hall–Kier alpha value is -0.0394. The summed E-state index contributed by atoms with van der Waals surface area (Å²) < 4.78 is 27.5. The number of hydrogen-bond donors (Lipinski definition) is 0. The Labute approximate surface area is 215 Å². The van der Waals surface area contributed by atoms with Crippen molar-refractivity contribution in [1.82, 2.24) is 4.57 Å². The molecule has 34 heavy (non-hydrogen) atoms. The van der Waals surface area contributed by atoms with Crippen LogP contribution in [0.3, 0.4) is 0 Å². The van der Waals surface area contributed by atoms with E-state index in [1.54, 1.807) is 0 Å². The zero-order chi connectivity index (χ0) is 26.7. The first-order valence-corrected chi connectivity index (χ1v) is 21.1. The van der Waals surface area contributed by atoms with Gasteiger partial charge in [-0.3, -0.25) is 4.79 Å². The molecule has 0 N–H and O–H groups in total. The molecule has 0 aromatic rings. The average Bonchev–Trinajstić information content (AvgIpc) is 2.70. The van der Waals surface area contributed by atoms with Gasteiger partial charge in [0.1, 0.15) is 8.24 Å². The fourth-order valence-corrected chi connectivity index (χ4v) is 14.5. The molecule has 0 bridgehead atoms. The number of rotatable bonds is 18. The second kappa shape index (κ2) is 15.3. The highest BCUT2D eigenvalue weighted by molar-refractivity contribution is 6.79. The van der Waals surface area contributed by atoms with E-state index in [1.165, 1.54) is 0 Å². The summed E-state index contributed by atoms with van der Waals surface area (Å²) in [4.78, 5) is 13.3. The molecular weight excluding hydrogens is 479 g/mol. The largest absolute Gasteiger partial charge is 0.517 e. The fraction of sp³-hybridized carbons (Fsp3) is 0.960. The van der Waals surface area contributed by atoms with Gasteiger partial charge in [0.05, 0.1) is 6.54 Å². The van der Waals surface area contributed by atoms with Crippen LogP contribution in [0.15, 0.2) is 0 Å². The summed E-state index contributed by atoms with van der Waals surface area (Å²) in [6, 6.07) is 0.762. The highest BCUT2D eigenvalue weighted by Crippen LogP contribution is 2.42. The maximum atomic E-state index is 13.3. The number of carbonyl (C=O) groups is 1. The van der Waals surface area contributed by atoms with E-state index in [0.29, 0.717) is 36.4 Å². The van der Waals surface area contributed by atoms with E-state index in [1.807, 2.05) is 13.8 Å². The monoisotopic (exact) mass is 535 g/mol. The lowest BCUT2D eigenvalue weighted by Gasteiger charge is -2.42. The van der Waals surface area contributed by atoms with Crippen LogP contribution in [-0.2, 0) is 22.5 Å². The molecule has 0 rings (SSSR count). The third kappa shape index (κ3) is 10.1. The molecule has 0 amide bonds. The Bertz CT molecular complexity index is 554. The Morgan fingerprint density at radius 1 is 0.824 bits per heavy atom. The summed E-state index contributed by atoms with van der Waals surface area (Å²) in [5.74, 6) is -0.0563. The van der Waals surface area contributed by atoms with E-state index in [4.69, 9.17) is 17.7 Å². The van der Waals surface area contributed by atoms with Crippen LogP contribution in [0.2, 0.25) is 42.3 Å². The van der Waals surface area contributed by atoms with Gasteiger partial charge >= 0.3 is 14.8 Å². The van der Waals surface area contributed by atoms with Crippen LogP contribution in [0.25, 0.3) is 0 Å². The summed E-state index contributed by atoms with van der Waals surface area (Å²) >= 11 is 0. The van der Waals surface area contributed by atoms with E-state index in [-0.39, 0.29) is 12.1 Å². The van der Waals surface area contributed by atoms with E-state index < -0.39 is 25.4 Å². The lowest BCUT2D eigenvalue weighted by molar-refractivity contribution is -0.136. The number of hydrogen-bond acceptors (Lipinski definition) is 6. The van der Waals surface area contributed by atoms with Gasteiger partial charge in [-0.1, -0.05) is 68.1 Å². The summed E-state index contributed by atoms with van der Waals surface area (Å²) in [6.07, 6.45) is 1.91. The molecule has 9 heteroatoms. The minimum atomic E-state index is -2.75. The molecule has 0 radical (unpaired) electrons. The van der Waals surface area contributed by atoms with E-state index in [9.17, 15) is 4.79 Å². The molecule has 204 valence electrons. The fourth-order valence-electron chi connectivity index (χ4n) is 5.02. The average molecular weight is 536 g/mol. The molecule has 0 aromatic carbocycles. The van der Waals surface area contributed by atoms with Gasteiger partial charge < -0.3 is 22.3 Å². The molecule has 0 saturated carbocycles. The Balaban J connectivity index is 5.50. The standard InChI is InChI=1S/C25H57NO5Si3/c1-14-24(10)30-33(28-15-2,29-16-3)19-17-18-26(32(11,12)13)20-25(27)31-34(21(4)5,22(6)7)23(8)9/h21-24H,14-20H2,1-13H3. The van der Waals surface area contributed by atoms with Gasteiger partial charge in [0.15, 0.2) is 0 Å². The maximum Gasteiger partial charge on any atom is 0.501 e. The molecular formula is C25H57NO5Si3. The zero-order valence-corrected chi connectivity index (χ0v) is 27.7. The molecule has 1 atom stereocenters. The molecule has 0 spiro atoms. The van der Waals surface area contributed by atoms with Crippen LogP contribution in [-0.4, -0.2) is 68.3 Å². The van der Waals surface area contributed by atoms with Crippen molar-refractivity contribution in [3.8, 4) is 0 Å². The van der Waals surface area contributed by atoms with Gasteiger partial charge in [-0.05, 0) is 56.8 Å². The van der Waals surface area contributed by atoms with Gasteiger partial charge in [0.2, 0.25) is 0 Å². The van der Waals surface area contributed by atoms with Crippen molar-refractivity contribution in [2.45, 2.75) is 130 Å². The molecule has 0 aliphatic carbocycles. The quantitative estimate of drug-likeness (QED) is 0.175.